The molecule has 2 aliphatic heterocycles. The van der Waals surface area contributed by atoms with Crippen molar-refractivity contribution in [2.24, 2.45) is 0 Å². The van der Waals surface area contributed by atoms with Gasteiger partial charge in [-0.2, -0.15) is 0 Å². The first-order valence-electron chi connectivity index (χ1n) is 7.81. The van der Waals surface area contributed by atoms with Gasteiger partial charge in [-0.25, -0.2) is 0 Å². The van der Waals surface area contributed by atoms with Crippen LogP contribution in [0.15, 0.2) is 24.3 Å². The van der Waals surface area contributed by atoms with Crippen LogP contribution >= 0.6 is 0 Å². The molecule has 2 aliphatic rings. The van der Waals surface area contributed by atoms with Crippen molar-refractivity contribution in [1.82, 2.24) is 4.90 Å². The quantitative estimate of drug-likeness (QED) is 0.589. The molecule has 3 atom stereocenters. The fraction of sp³-hybridized carbons (Fsp3) is 0.412. The van der Waals surface area contributed by atoms with Gasteiger partial charge in [0.15, 0.2) is 0 Å². The van der Waals surface area contributed by atoms with E-state index in [4.69, 9.17) is 14.2 Å². The minimum absolute atomic E-state index is 0.122. The van der Waals surface area contributed by atoms with Gasteiger partial charge in [-0.1, -0.05) is 12.1 Å². The van der Waals surface area contributed by atoms with Crippen LogP contribution in [0.25, 0.3) is 0 Å². The van der Waals surface area contributed by atoms with Crippen LogP contribution < -0.4 is 0 Å². The highest BCUT2D eigenvalue weighted by molar-refractivity contribution is 6.21. The number of carbonyl (C=O) groups excluding carboxylic acids is 4. The van der Waals surface area contributed by atoms with Crippen LogP contribution in [0, 0.1) is 0 Å². The molecule has 3 rings (SSSR count). The lowest BCUT2D eigenvalue weighted by Crippen LogP contribution is -2.46. The first-order chi connectivity index (χ1) is 11.9. The molecular formula is C17H17NO7. The minimum Gasteiger partial charge on any atom is -0.463 e. The van der Waals surface area contributed by atoms with Crippen molar-refractivity contribution in [3.8, 4) is 0 Å². The third-order valence-corrected chi connectivity index (χ3v) is 4.10. The Morgan fingerprint density at radius 3 is 2.24 bits per heavy atom. The molecule has 1 saturated heterocycles. The smallest absolute Gasteiger partial charge is 0.304 e. The largest absolute Gasteiger partial charge is 0.463 e. The lowest BCUT2D eigenvalue weighted by Gasteiger charge is -2.25. The number of esters is 2. The van der Waals surface area contributed by atoms with E-state index in [0.717, 1.165) is 4.90 Å². The van der Waals surface area contributed by atoms with E-state index in [-0.39, 0.29) is 13.0 Å². The molecule has 25 heavy (non-hydrogen) atoms. The monoisotopic (exact) mass is 347 g/mol. The maximum atomic E-state index is 12.6. The summed E-state index contributed by atoms with van der Waals surface area (Å²) in [4.78, 5) is 48.6. The zero-order valence-electron chi connectivity index (χ0n) is 13.8. The van der Waals surface area contributed by atoms with E-state index in [1.54, 1.807) is 24.3 Å². The third kappa shape index (κ3) is 3.25. The second kappa shape index (κ2) is 6.64. The summed E-state index contributed by atoms with van der Waals surface area (Å²) < 4.78 is 15.6. The molecule has 1 fully saturated rings. The second-order valence-corrected chi connectivity index (χ2v) is 5.85. The van der Waals surface area contributed by atoms with Crippen molar-refractivity contribution in [1.29, 1.82) is 0 Å². The van der Waals surface area contributed by atoms with Crippen molar-refractivity contribution in [3.05, 3.63) is 35.4 Å². The number of rotatable bonds is 4. The van der Waals surface area contributed by atoms with Gasteiger partial charge >= 0.3 is 11.9 Å². The molecule has 1 aromatic rings. The molecule has 0 unspecified atom stereocenters. The minimum atomic E-state index is -0.910. The van der Waals surface area contributed by atoms with Crippen molar-refractivity contribution < 1.29 is 33.4 Å². The van der Waals surface area contributed by atoms with E-state index in [2.05, 4.69) is 0 Å². The summed E-state index contributed by atoms with van der Waals surface area (Å²) in [7, 11) is 0. The topological polar surface area (TPSA) is 99.2 Å². The van der Waals surface area contributed by atoms with Gasteiger partial charge in [-0.3, -0.25) is 24.1 Å². The van der Waals surface area contributed by atoms with E-state index < -0.39 is 42.2 Å². The lowest BCUT2D eigenvalue weighted by molar-refractivity contribution is -0.178. The number of fused-ring (bicyclic) bond motifs is 1. The Balaban J connectivity index is 1.85. The third-order valence-electron chi connectivity index (χ3n) is 4.10. The second-order valence-electron chi connectivity index (χ2n) is 5.85. The molecule has 0 radical (unpaired) electrons. The van der Waals surface area contributed by atoms with E-state index >= 15 is 0 Å². The Kier molecular flexibility index (Phi) is 4.54. The van der Waals surface area contributed by atoms with Gasteiger partial charge in [0.05, 0.1) is 17.2 Å². The summed E-state index contributed by atoms with van der Waals surface area (Å²) in [6.07, 6.45) is -1.56. The standard InChI is InChI=1S/C17H17NO7/c1-9(19)23-8-14-13(7-15(25-14)24-10(2)20)18-16(21)11-5-3-4-6-12(11)17(18)22/h3-6,13-15H,7-8H2,1-2H3/t13-,14+,15+/m1/s1. The summed E-state index contributed by atoms with van der Waals surface area (Å²) >= 11 is 0. The summed E-state index contributed by atoms with van der Waals surface area (Å²) in [5.41, 5.74) is 0.629. The van der Waals surface area contributed by atoms with Gasteiger partial charge in [0.2, 0.25) is 6.29 Å². The number of nitrogens with zero attached hydrogens (tertiary/aromatic N) is 1. The number of benzene rings is 1. The van der Waals surface area contributed by atoms with Gasteiger partial charge in [-0.05, 0) is 12.1 Å². The Morgan fingerprint density at radius 1 is 1.12 bits per heavy atom. The summed E-state index contributed by atoms with van der Waals surface area (Å²) in [6.45, 7) is 2.33. The van der Waals surface area contributed by atoms with E-state index in [1.165, 1.54) is 13.8 Å². The number of ether oxygens (including phenoxy) is 3. The van der Waals surface area contributed by atoms with E-state index in [9.17, 15) is 19.2 Å². The number of amides is 2. The van der Waals surface area contributed by atoms with Crippen LogP contribution in [0.1, 0.15) is 41.0 Å². The molecule has 0 saturated carbocycles. The Hall–Kier alpha value is -2.74. The van der Waals surface area contributed by atoms with Gasteiger partial charge in [-0.15, -0.1) is 0 Å². The zero-order valence-corrected chi connectivity index (χ0v) is 13.8. The molecule has 1 aromatic carbocycles. The zero-order chi connectivity index (χ0) is 18.1. The highest BCUT2D eigenvalue weighted by Crippen LogP contribution is 2.33. The lowest BCUT2D eigenvalue weighted by atomic mass is 10.1. The number of imide groups is 1. The van der Waals surface area contributed by atoms with Crippen molar-refractivity contribution in [2.45, 2.75) is 38.7 Å². The predicted molar refractivity (Wildman–Crippen MR) is 82.4 cm³/mol. The van der Waals surface area contributed by atoms with Crippen LogP contribution in [0.4, 0.5) is 0 Å². The highest BCUT2D eigenvalue weighted by atomic mass is 16.7. The van der Waals surface area contributed by atoms with Crippen LogP contribution in [-0.2, 0) is 23.8 Å². The molecular weight excluding hydrogens is 330 g/mol. The first-order valence-corrected chi connectivity index (χ1v) is 7.81. The number of hydrogen-bond donors (Lipinski definition) is 0. The predicted octanol–water partition coefficient (Wildman–Crippen LogP) is 0.892. The van der Waals surface area contributed by atoms with Gasteiger partial charge in [0.1, 0.15) is 12.7 Å². The molecule has 2 heterocycles. The fourth-order valence-electron chi connectivity index (χ4n) is 3.08. The summed E-state index contributed by atoms with van der Waals surface area (Å²) in [6, 6.07) is 5.82. The highest BCUT2D eigenvalue weighted by Gasteiger charge is 2.48. The molecule has 132 valence electrons. The van der Waals surface area contributed by atoms with Crippen molar-refractivity contribution in [2.75, 3.05) is 6.61 Å². The average Bonchev–Trinajstić information content (AvgIpc) is 3.04. The van der Waals surface area contributed by atoms with Crippen LogP contribution in [0.5, 0.6) is 0 Å². The average molecular weight is 347 g/mol. The molecule has 0 aromatic heterocycles. The van der Waals surface area contributed by atoms with Crippen LogP contribution in [0.2, 0.25) is 0 Å². The molecule has 0 bridgehead atoms. The summed E-state index contributed by atoms with van der Waals surface area (Å²) in [5.74, 6) is -1.93. The van der Waals surface area contributed by atoms with Gasteiger partial charge in [0.25, 0.3) is 11.8 Å². The van der Waals surface area contributed by atoms with Crippen molar-refractivity contribution >= 4 is 23.8 Å². The molecule has 0 spiro atoms. The number of hydrogen-bond acceptors (Lipinski definition) is 7. The number of carbonyl (C=O) groups is 4. The van der Waals surface area contributed by atoms with Crippen molar-refractivity contribution in [3.63, 3.8) is 0 Å². The normalized spacial score (nSPS) is 25.0. The Bertz CT molecular complexity index is 709. The molecule has 8 heteroatoms. The molecule has 8 nitrogen and oxygen atoms in total. The fourth-order valence-corrected chi connectivity index (χ4v) is 3.08. The SMILES string of the molecule is CC(=O)OC[C@@H]1O[C@H](OC(C)=O)C[C@H]1N1C(=O)c2ccccc2C1=O. The molecule has 0 aliphatic carbocycles. The van der Waals surface area contributed by atoms with Crippen LogP contribution in [0.3, 0.4) is 0 Å². The maximum Gasteiger partial charge on any atom is 0.304 e. The molecule has 0 N–H and O–H groups in total. The van der Waals surface area contributed by atoms with Gasteiger partial charge < -0.3 is 14.2 Å². The van der Waals surface area contributed by atoms with Gasteiger partial charge in [0, 0.05) is 20.3 Å². The summed E-state index contributed by atoms with van der Waals surface area (Å²) in [5, 5.41) is 0. The maximum absolute atomic E-state index is 12.6. The van der Waals surface area contributed by atoms with E-state index in [1.807, 2.05) is 0 Å². The van der Waals surface area contributed by atoms with E-state index in [0.29, 0.717) is 11.1 Å². The Morgan fingerprint density at radius 2 is 1.72 bits per heavy atom. The first kappa shape index (κ1) is 17.1. The molecule has 2 amide bonds. The Labute approximate surface area is 143 Å². The van der Waals surface area contributed by atoms with Crippen LogP contribution in [-0.4, -0.2) is 53.7 Å².